The summed E-state index contributed by atoms with van der Waals surface area (Å²) in [6, 6.07) is 6.06. The zero-order chi connectivity index (χ0) is 17.4. The number of carboxylic acids is 1. The van der Waals surface area contributed by atoms with Gasteiger partial charge in [0.1, 0.15) is 16.8 Å². The molecule has 1 unspecified atom stereocenters. The number of imide groups is 1. The minimum Gasteiger partial charge on any atom is -0.497 e. The van der Waals surface area contributed by atoms with Crippen LogP contribution in [0.25, 0.3) is 0 Å². The topological polar surface area (TPSA) is 95.9 Å². The molecule has 124 valence electrons. The highest BCUT2D eigenvalue weighted by Gasteiger charge is 2.57. The molecule has 1 heterocycles. The van der Waals surface area contributed by atoms with Crippen molar-refractivity contribution in [2.24, 2.45) is 0 Å². The van der Waals surface area contributed by atoms with Crippen LogP contribution in [-0.2, 0) is 15.1 Å². The first-order valence-electron chi connectivity index (χ1n) is 7.25. The van der Waals surface area contributed by atoms with Crippen LogP contribution >= 0.6 is 0 Å². The highest BCUT2D eigenvalue weighted by Crippen LogP contribution is 2.36. The van der Waals surface area contributed by atoms with Crippen LogP contribution in [0.5, 0.6) is 5.75 Å². The van der Waals surface area contributed by atoms with Gasteiger partial charge in [-0.1, -0.05) is 19.1 Å². The number of carbonyl (C=O) groups is 3. The van der Waals surface area contributed by atoms with Crippen LogP contribution in [0.15, 0.2) is 24.3 Å². The zero-order valence-electron chi connectivity index (χ0n) is 13.5. The highest BCUT2D eigenvalue weighted by molar-refractivity contribution is 6.10. The molecule has 0 spiro atoms. The third-order valence-electron chi connectivity index (χ3n) is 4.29. The Labute approximate surface area is 134 Å². The predicted molar refractivity (Wildman–Crippen MR) is 82.1 cm³/mol. The fourth-order valence-electron chi connectivity index (χ4n) is 2.69. The van der Waals surface area contributed by atoms with E-state index in [1.54, 1.807) is 31.2 Å². The van der Waals surface area contributed by atoms with Crippen molar-refractivity contribution < 1.29 is 24.2 Å². The molecule has 23 heavy (non-hydrogen) atoms. The molecule has 1 fully saturated rings. The number of benzene rings is 1. The molecule has 1 saturated heterocycles. The summed E-state index contributed by atoms with van der Waals surface area (Å²) in [5.74, 6) is -1.19. The molecule has 0 bridgehead atoms. The Balaban J connectivity index is 2.50. The van der Waals surface area contributed by atoms with E-state index in [1.807, 2.05) is 0 Å². The Bertz CT molecular complexity index is 653. The Hall–Kier alpha value is -2.57. The summed E-state index contributed by atoms with van der Waals surface area (Å²) in [5.41, 5.74) is -2.32. The lowest BCUT2D eigenvalue weighted by Gasteiger charge is -2.31. The summed E-state index contributed by atoms with van der Waals surface area (Å²) in [6.07, 6.45) is 0.302. The van der Waals surface area contributed by atoms with Gasteiger partial charge in [0.15, 0.2) is 0 Å². The lowest BCUT2D eigenvalue weighted by Crippen LogP contribution is -2.54. The molecule has 2 N–H and O–H groups in total. The Morgan fingerprint density at radius 1 is 1.30 bits per heavy atom. The number of nitrogens with zero attached hydrogens (tertiary/aromatic N) is 1. The molecule has 7 nitrogen and oxygen atoms in total. The van der Waals surface area contributed by atoms with Crippen molar-refractivity contribution in [3.8, 4) is 5.75 Å². The summed E-state index contributed by atoms with van der Waals surface area (Å²) >= 11 is 0. The Kier molecular flexibility index (Phi) is 4.07. The highest BCUT2D eigenvalue weighted by atomic mass is 16.5. The second-order valence-electron chi connectivity index (χ2n) is 5.92. The largest absolute Gasteiger partial charge is 0.497 e. The first kappa shape index (κ1) is 16.8. The summed E-state index contributed by atoms with van der Waals surface area (Å²) in [7, 11) is 1.53. The van der Waals surface area contributed by atoms with Gasteiger partial charge in [0, 0.05) is 0 Å². The van der Waals surface area contributed by atoms with Gasteiger partial charge in [0.2, 0.25) is 0 Å². The SMILES string of the molecule is CCC1(c2ccc(OC)cc2)NC(=O)N(C(C)(C)C(=O)O)C1=O. The molecule has 3 amide bonds. The van der Waals surface area contributed by atoms with Crippen LogP contribution in [0.3, 0.4) is 0 Å². The van der Waals surface area contributed by atoms with Crippen LogP contribution in [0, 0.1) is 0 Å². The predicted octanol–water partition coefficient (Wildman–Crippen LogP) is 1.72. The number of hydrogen-bond donors (Lipinski definition) is 2. The van der Waals surface area contributed by atoms with Gasteiger partial charge in [-0.2, -0.15) is 0 Å². The van der Waals surface area contributed by atoms with Crippen molar-refractivity contribution in [1.82, 2.24) is 10.2 Å². The van der Waals surface area contributed by atoms with Crippen molar-refractivity contribution in [1.29, 1.82) is 0 Å². The summed E-state index contributed by atoms with van der Waals surface area (Å²) in [4.78, 5) is 37.4. The molecule has 0 aliphatic carbocycles. The second-order valence-corrected chi connectivity index (χ2v) is 5.92. The van der Waals surface area contributed by atoms with Gasteiger partial charge in [-0.25, -0.2) is 14.5 Å². The molecule has 0 saturated carbocycles. The number of ether oxygens (including phenoxy) is 1. The van der Waals surface area contributed by atoms with E-state index < -0.39 is 29.0 Å². The number of amides is 3. The molecule has 1 aromatic rings. The lowest BCUT2D eigenvalue weighted by molar-refractivity contribution is -0.153. The molecular formula is C16H20N2O5. The van der Waals surface area contributed by atoms with Gasteiger partial charge >= 0.3 is 12.0 Å². The third kappa shape index (κ3) is 2.42. The van der Waals surface area contributed by atoms with E-state index in [9.17, 15) is 19.5 Å². The average Bonchev–Trinajstić information content (AvgIpc) is 2.79. The van der Waals surface area contributed by atoms with Gasteiger partial charge in [0.25, 0.3) is 5.91 Å². The van der Waals surface area contributed by atoms with Crippen molar-refractivity contribution in [2.45, 2.75) is 38.3 Å². The standard InChI is InChI=1S/C16H20N2O5/c1-5-16(10-6-8-11(23-4)9-7-10)12(19)18(14(22)17-16)15(2,3)13(20)21/h6-9H,5H2,1-4H3,(H,17,22)(H,20,21). The van der Waals surface area contributed by atoms with Gasteiger partial charge in [-0.15, -0.1) is 0 Å². The van der Waals surface area contributed by atoms with Crippen LogP contribution in [0.4, 0.5) is 4.79 Å². The van der Waals surface area contributed by atoms with Gasteiger partial charge in [-0.05, 0) is 38.0 Å². The number of methoxy groups -OCH3 is 1. The maximum Gasteiger partial charge on any atom is 0.329 e. The maximum atomic E-state index is 12.9. The Morgan fingerprint density at radius 2 is 1.87 bits per heavy atom. The second kappa shape index (κ2) is 5.57. The first-order valence-corrected chi connectivity index (χ1v) is 7.25. The van der Waals surface area contributed by atoms with E-state index >= 15 is 0 Å². The summed E-state index contributed by atoms with van der Waals surface area (Å²) in [5, 5.41) is 12.0. The Morgan fingerprint density at radius 3 is 2.30 bits per heavy atom. The molecule has 1 atom stereocenters. The number of aliphatic carboxylic acids is 1. The lowest BCUT2D eigenvalue weighted by atomic mass is 9.86. The number of carboxylic acid groups (broad SMARTS) is 1. The first-order chi connectivity index (χ1) is 10.7. The number of urea groups is 1. The molecule has 1 aliphatic heterocycles. The minimum atomic E-state index is -1.63. The molecule has 0 radical (unpaired) electrons. The number of hydrogen-bond acceptors (Lipinski definition) is 4. The minimum absolute atomic E-state index is 0.302. The van der Waals surface area contributed by atoms with Crippen LogP contribution in [0.1, 0.15) is 32.8 Å². The van der Waals surface area contributed by atoms with E-state index in [-0.39, 0.29) is 0 Å². The summed E-state index contributed by atoms with van der Waals surface area (Å²) < 4.78 is 5.09. The van der Waals surface area contributed by atoms with Crippen LogP contribution in [0.2, 0.25) is 0 Å². The molecule has 0 aromatic heterocycles. The number of rotatable bonds is 5. The van der Waals surface area contributed by atoms with Gasteiger partial charge < -0.3 is 15.2 Å². The fourth-order valence-corrected chi connectivity index (χ4v) is 2.69. The molecule has 7 heteroatoms. The van der Waals surface area contributed by atoms with Crippen LogP contribution < -0.4 is 10.1 Å². The van der Waals surface area contributed by atoms with E-state index in [0.717, 1.165) is 4.90 Å². The normalized spacial score (nSPS) is 21.3. The zero-order valence-corrected chi connectivity index (χ0v) is 13.5. The molecular weight excluding hydrogens is 300 g/mol. The van der Waals surface area contributed by atoms with Crippen molar-refractivity contribution in [3.63, 3.8) is 0 Å². The molecule has 2 rings (SSSR count). The van der Waals surface area contributed by atoms with Crippen molar-refractivity contribution in [2.75, 3.05) is 7.11 Å². The molecule has 1 aromatic carbocycles. The number of nitrogens with one attached hydrogen (secondary N) is 1. The van der Waals surface area contributed by atoms with Crippen LogP contribution in [-0.4, -0.2) is 40.6 Å². The van der Waals surface area contributed by atoms with E-state index in [2.05, 4.69) is 5.32 Å². The smallest absolute Gasteiger partial charge is 0.329 e. The van der Waals surface area contributed by atoms with Crippen molar-refractivity contribution in [3.05, 3.63) is 29.8 Å². The molecule has 1 aliphatic rings. The van der Waals surface area contributed by atoms with Gasteiger partial charge in [0.05, 0.1) is 7.11 Å². The van der Waals surface area contributed by atoms with Gasteiger partial charge in [-0.3, -0.25) is 4.79 Å². The number of carbonyl (C=O) groups excluding carboxylic acids is 2. The maximum absolute atomic E-state index is 12.9. The van der Waals surface area contributed by atoms with E-state index in [1.165, 1.54) is 21.0 Å². The van der Waals surface area contributed by atoms with E-state index in [4.69, 9.17) is 4.74 Å². The fraction of sp³-hybridized carbons (Fsp3) is 0.438. The van der Waals surface area contributed by atoms with E-state index in [0.29, 0.717) is 17.7 Å². The monoisotopic (exact) mass is 320 g/mol. The summed E-state index contributed by atoms with van der Waals surface area (Å²) in [6.45, 7) is 4.42. The van der Waals surface area contributed by atoms with Crippen molar-refractivity contribution >= 4 is 17.9 Å². The average molecular weight is 320 g/mol. The third-order valence-corrected chi connectivity index (χ3v) is 4.29. The quantitative estimate of drug-likeness (QED) is 0.805.